The van der Waals surface area contributed by atoms with Gasteiger partial charge in [-0.3, -0.25) is 20.6 Å². The molecule has 0 saturated carbocycles. The highest BCUT2D eigenvalue weighted by atomic mass is 79.9. The lowest BCUT2D eigenvalue weighted by atomic mass is 10.1. The summed E-state index contributed by atoms with van der Waals surface area (Å²) in [5.41, 5.74) is 4.53. The molecule has 7 heteroatoms. The number of nitrogens with zero attached hydrogens (tertiary/aromatic N) is 1. The molecular formula is C16H14BrClN3O2-. The molecule has 0 aliphatic carbocycles. The smallest absolute Gasteiger partial charge is 0.276 e. The Kier molecular flexibility index (Phi) is 5.63. The number of hydrogen-bond acceptors (Lipinski definition) is 3. The minimum Gasteiger partial charge on any atom is -1.00 e. The van der Waals surface area contributed by atoms with Crippen molar-refractivity contribution in [2.45, 2.75) is 6.54 Å². The first kappa shape index (κ1) is 17.3. The Hall–Kier alpha value is -2.05. The highest BCUT2D eigenvalue weighted by Crippen LogP contribution is 2.20. The second kappa shape index (κ2) is 7.48. The molecule has 0 fully saturated rings. The van der Waals surface area contributed by atoms with Crippen LogP contribution < -0.4 is 27.1 Å². The van der Waals surface area contributed by atoms with Gasteiger partial charge >= 0.3 is 0 Å². The van der Waals surface area contributed by atoms with Crippen LogP contribution in [0, 0.1) is 5.41 Å². The van der Waals surface area contributed by atoms with E-state index in [9.17, 15) is 4.79 Å². The summed E-state index contributed by atoms with van der Waals surface area (Å²) in [6.07, 6.45) is 0. The van der Waals surface area contributed by atoms with Crippen LogP contribution in [0.3, 0.4) is 0 Å². The zero-order chi connectivity index (χ0) is 15.5. The lowest BCUT2D eigenvalue weighted by molar-refractivity contribution is -0.126. The van der Waals surface area contributed by atoms with Crippen LogP contribution >= 0.6 is 11.6 Å². The molecule has 0 unspecified atom stereocenters. The normalized spacial score (nSPS) is 12.4. The fourth-order valence-electron chi connectivity index (χ4n) is 2.24. The number of carbonyl (C=O) groups excluding carboxylic acids is 1. The Balaban J connectivity index is 0.00000192. The van der Waals surface area contributed by atoms with Crippen molar-refractivity contribution in [3.63, 3.8) is 0 Å². The molecule has 1 aliphatic heterocycles. The van der Waals surface area contributed by atoms with Crippen LogP contribution in [0.4, 0.5) is 0 Å². The topological polar surface area (TPSA) is 65.4 Å². The van der Waals surface area contributed by atoms with Crippen LogP contribution in [-0.4, -0.2) is 23.4 Å². The third-order valence-corrected chi connectivity index (χ3v) is 3.57. The standard InChI is InChI=1S/C16H14ClN3O2.BrH/c17-12-5-7-13(8-6-12)22-10-15(21)19-20-9-11-3-1-2-4-14(11)16(20)18;/h1-8,18H,9-10H2,(H,19,21);1H/p-1. The number of rotatable bonds is 4. The number of carbonyl (C=O) groups is 1. The van der Waals surface area contributed by atoms with Crippen LogP contribution in [0.2, 0.25) is 5.02 Å². The number of amidine groups is 1. The molecule has 0 saturated heterocycles. The van der Waals surface area contributed by atoms with Crippen LogP contribution in [0.5, 0.6) is 5.75 Å². The molecule has 0 atom stereocenters. The lowest BCUT2D eigenvalue weighted by Crippen LogP contribution is -3.00. The van der Waals surface area contributed by atoms with Gasteiger partial charge in [0.15, 0.2) is 6.61 Å². The van der Waals surface area contributed by atoms with Gasteiger partial charge in [0.2, 0.25) is 0 Å². The Morgan fingerprint density at radius 3 is 2.61 bits per heavy atom. The van der Waals surface area contributed by atoms with Crippen molar-refractivity contribution in [2.24, 2.45) is 0 Å². The first-order chi connectivity index (χ1) is 10.6. The fourth-order valence-corrected chi connectivity index (χ4v) is 2.37. The minimum atomic E-state index is -0.312. The van der Waals surface area contributed by atoms with E-state index in [2.05, 4.69) is 5.43 Å². The van der Waals surface area contributed by atoms with E-state index in [4.69, 9.17) is 21.7 Å². The first-order valence-electron chi connectivity index (χ1n) is 6.76. The molecule has 0 bridgehead atoms. The minimum absolute atomic E-state index is 0. The average molecular weight is 396 g/mol. The summed E-state index contributed by atoms with van der Waals surface area (Å²) < 4.78 is 5.38. The number of nitrogens with one attached hydrogen (secondary N) is 2. The fraction of sp³-hybridized carbons (Fsp3) is 0.125. The van der Waals surface area contributed by atoms with Crippen LogP contribution in [0.15, 0.2) is 48.5 Å². The number of fused-ring (bicyclic) bond motifs is 1. The second-order valence-corrected chi connectivity index (χ2v) is 5.31. The quantitative estimate of drug-likeness (QED) is 0.740. The SMILES string of the molecule is N=C1c2ccccc2CN1NC(=O)COc1ccc(Cl)cc1.[Br-]. The average Bonchev–Trinajstić information content (AvgIpc) is 2.83. The number of halogens is 2. The molecule has 2 aromatic carbocycles. The third kappa shape index (κ3) is 4.03. The highest BCUT2D eigenvalue weighted by molar-refractivity contribution is 6.30. The van der Waals surface area contributed by atoms with Crippen molar-refractivity contribution in [2.75, 3.05) is 6.61 Å². The van der Waals surface area contributed by atoms with E-state index in [0.29, 0.717) is 17.3 Å². The molecule has 0 aromatic heterocycles. The molecule has 1 amide bonds. The Bertz CT molecular complexity index is 722. The summed E-state index contributed by atoms with van der Waals surface area (Å²) >= 11 is 5.78. The monoisotopic (exact) mass is 394 g/mol. The predicted molar refractivity (Wildman–Crippen MR) is 83.9 cm³/mol. The predicted octanol–water partition coefficient (Wildman–Crippen LogP) is -0.405. The van der Waals surface area contributed by atoms with E-state index < -0.39 is 0 Å². The number of benzene rings is 2. The zero-order valence-corrected chi connectivity index (χ0v) is 14.4. The van der Waals surface area contributed by atoms with Gasteiger partial charge in [-0.25, -0.2) is 0 Å². The van der Waals surface area contributed by atoms with Gasteiger partial charge in [0, 0.05) is 10.6 Å². The van der Waals surface area contributed by atoms with Crippen molar-refractivity contribution in [1.82, 2.24) is 10.4 Å². The van der Waals surface area contributed by atoms with Crippen molar-refractivity contribution in [3.05, 3.63) is 64.7 Å². The maximum atomic E-state index is 11.9. The van der Waals surface area contributed by atoms with E-state index in [-0.39, 0.29) is 35.3 Å². The van der Waals surface area contributed by atoms with Crippen molar-refractivity contribution in [3.8, 4) is 5.75 Å². The third-order valence-electron chi connectivity index (χ3n) is 3.31. The van der Waals surface area contributed by atoms with E-state index in [1.165, 1.54) is 5.01 Å². The Morgan fingerprint density at radius 1 is 1.22 bits per heavy atom. The van der Waals surface area contributed by atoms with Crippen LogP contribution in [-0.2, 0) is 11.3 Å². The summed E-state index contributed by atoms with van der Waals surface area (Å²) in [6.45, 7) is 0.365. The number of hydrazine groups is 1. The largest absolute Gasteiger partial charge is 1.00 e. The van der Waals surface area contributed by atoms with E-state index in [0.717, 1.165) is 11.1 Å². The highest BCUT2D eigenvalue weighted by Gasteiger charge is 2.24. The van der Waals surface area contributed by atoms with E-state index in [1.54, 1.807) is 24.3 Å². The molecule has 2 aromatic rings. The van der Waals surface area contributed by atoms with Gasteiger partial charge < -0.3 is 21.7 Å². The molecule has 2 N–H and O–H groups in total. The van der Waals surface area contributed by atoms with Gasteiger partial charge in [0.1, 0.15) is 11.6 Å². The maximum Gasteiger partial charge on any atom is 0.276 e. The van der Waals surface area contributed by atoms with Gasteiger partial charge in [-0.15, -0.1) is 0 Å². The summed E-state index contributed by atoms with van der Waals surface area (Å²) in [5, 5.41) is 10.2. The number of hydrogen-bond donors (Lipinski definition) is 2. The lowest BCUT2D eigenvalue weighted by Gasteiger charge is -2.19. The summed E-state index contributed by atoms with van der Waals surface area (Å²) in [6, 6.07) is 14.4. The molecular weight excluding hydrogens is 382 g/mol. The zero-order valence-electron chi connectivity index (χ0n) is 12.1. The molecule has 1 aliphatic rings. The maximum absolute atomic E-state index is 11.9. The van der Waals surface area contributed by atoms with Crippen molar-refractivity contribution in [1.29, 1.82) is 5.41 Å². The Labute approximate surface area is 149 Å². The molecule has 5 nitrogen and oxygen atoms in total. The summed E-state index contributed by atoms with van der Waals surface area (Å²) in [7, 11) is 0. The van der Waals surface area contributed by atoms with Gasteiger partial charge in [0.05, 0.1) is 6.54 Å². The second-order valence-electron chi connectivity index (χ2n) is 4.87. The van der Waals surface area contributed by atoms with Crippen LogP contribution in [0.25, 0.3) is 0 Å². The molecule has 0 spiro atoms. The van der Waals surface area contributed by atoms with Gasteiger partial charge in [-0.1, -0.05) is 35.9 Å². The number of amides is 1. The van der Waals surface area contributed by atoms with Crippen molar-refractivity contribution >= 4 is 23.3 Å². The molecule has 1 heterocycles. The summed E-state index contributed by atoms with van der Waals surface area (Å²) in [5.74, 6) is 0.544. The molecule has 120 valence electrons. The van der Waals surface area contributed by atoms with Crippen LogP contribution in [0.1, 0.15) is 11.1 Å². The van der Waals surface area contributed by atoms with Crippen molar-refractivity contribution < 1.29 is 26.5 Å². The Morgan fingerprint density at radius 2 is 1.91 bits per heavy atom. The number of ether oxygens (including phenoxy) is 1. The van der Waals surface area contributed by atoms with E-state index >= 15 is 0 Å². The summed E-state index contributed by atoms with van der Waals surface area (Å²) in [4.78, 5) is 11.9. The molecule has 23 heavy (non-hydrogen) atoms. The van der Waals surface area contributed by atoms with Gasteiger partial charge in [-0.2, -0.15) is 0 Å². The van der Waals surface area contributed by atoms with E-state index in [1.807, 2.05) is 24.3 Å². The molecule has 0 radical (unpaired) electrons. The van der Waals surface area contributed by atoms with Gasteiger partial charge in [-0.05, 0) is 29.8 Å². The van der Waals surface area contributed by atoms with Gasteiger partial charge in [0.25, 0.3) is 5.91 Å². The first-order valence-corrected chi connectivity index (χ1v) is 7.13. The molecule has 3 rings (SSSR count).